The molecule has 228 valence electrons. The fourth-order valence-electron chi connectivity index (χ4n) is 6.49. The molecule has 0 bridgehead atoms. The van der Waals surface area contributed by atoms with Gasteiger partial charge in [-0.1, -0.05) is 18.2 Å². The van der Waals surface area contributed by atoms with Gasteiger partial charge in [0.05, 0.1) is 11.6 Å². The first-order chi connectivity index (χ1) is 21.8. The van der Waals surface area contributed by atoms with E-state index in [0.717, 1.165) is 71.2 Å². The number of aliphatic hydroxyl groups is 1. The molecule has 0 radical (unpaired) electrons. The van der Waals surface area contributed by atoms with Crippen molar-refractivity contribution in [2.24, 2.45) is 7.05 Å². The zero-order valence-corrected chi connectivity index (χ0v) is 25.5. The van der Waals surface area contributed by atoms with Crippen molar-refractivity contribution >= 4 is 45.0 Å². The first kappa shape index (κ1) is 28.8. The van der Waals surface area contributed by atoms with Gasteiger partial charge in [0.25, 0.3) is 11.8 Å². The number of aryl methyl sites for hydroxylation is 1. The summed E-state index contributed by atoms with van der Waals surface area (Å²) in [5.41, 5.74) is 5.65. The number of benzene rings is 3. The summed E-state index contributed by atoms with van der Waals surface area (Å²) in [4.78, 5) is 28.4. The summed E-state index contributed by atoms with van der Waals surface area (Å²) >= 11 is 0. The van der Waals surface area contributed by atoms with Crippen molar-refractivity contribution in [2.45, 2.75) is 37.8 Å². The molecule has 1 aliphatic heterocycles. The van der Waals surface area contributed by atoms with Gasteiger partial charge in [0.2, 0.25) is 0 Å². The fourth-order valence-corrected chi connectivity index (χ4v) is 6.49. The Kier molecular flexibility index (Phi) is 7.39. The highest BCUT2D eigenvalue weighted by Crippen LogP contribution is 2.31. The van der Waals surface area contributed by atoms with Crippen LogP contribution in [0.25, 0.3) is 27.5 Å². The third-order valence-corrected chi connectivity index (χ3v) is 9.31. The minimum absolute atomic E-state index is 0.126. The molecular formula is C37H37N5O3. The third kappa shape index (κ3) is 5.70. The lowest BCUT2D eigenvalue weighted by Crippen LogP contribution is -2.50. The molecule has 0 saturated carbocycles. The standard InChI is InChI=1S/C37H37N5O3/c1-37(41-20-15-32(43)16-21-41)17-11-26(12-18-37)36(45)39-30-6-10-34-28(24-30)14-22-42(34)31-7-3-25(4-8-31)35(44)38-29-5-9-33-27(23-29)13-19-40(33)2/h3-14,17,19,22-24,32,43H,15-16,18,20-21H2,1-2H3,(H,38,44)(H,39,45). The molecule has 5 aromatic rings. The number of hydrogen-bond acceptors (Lipinski definition) is 4. The van der Waals surface area contributed by atoms with Gasteiger partial charge in [-0.25, -0.2) is 0 Å². The topological polar surface area (TPSA) is 91.5 Å². The molecule has 1 fully saturated rings. The van der Waals surface area contributed by atoms with Gasteiger partial charge in [-0.3, -0.25) is 14.5 Å². The van der Waals surface area contributed by atoms with Gasteiger partial charge in [0, 0.05) is 82.6 Å². The number of fused-ring (bicyclic) bond motifs is 2. The normalized spacial score (nSPS) is 19.1. The highest BCUT2D eigenvalue weighted by Gasteiger charge is 2.33. The largest absolute Gasteiger partial charge is 0.393 e. The van der Waals surface area contributed by atoms with Crippen molar-refractivity contribution in [3.63, 3.8) is 0 Å². The van der Waals surface area contributed by atoms with Crippen molar-refractivity contribution in [1.82, 2.24) is 14.0 Å². The van der Waals surface area contributed by atoms with Gasteiger partial charge in [-0.2, -0.15) is 0 Å². The first-order valence-corrected chi connectivity index (χ1v) is 15.5. The van der Waals surface area contributed by atoms with Gasteiger partial charge in [0.1, 0.15) is 0 Å². The van der Waals surface area contributed by atoms with E-state index in [1.165, 1.54) is 0 Å². The van der Waals surface area contributed by atoms with Gasteiger partial charge in [-0.15, -0.1) is 0 Å². The van der Waals surface area contributed by atoms with Crippen LogP contribution in [0.3, 0.4) is 0 Å². The molecule has 3 heterocycles. The Labute approximate surface area is 262 Å². The van der Waals surface area contributed by atoms with Crippen molar-refractivity contribution in [2.75, 3.05) is 23.7 Å². The number of nitrogens with one attached hydrogen (secondary N) is 2. The second kappa shape index (κ2) is 11.5. The molecule has 1 saturated heterocycles. The number of piperidine rings is 1. The number of aromatic nitrogens is 2. The lowest BCUT2D eigenvalue weighted by molar-refractivity contribution is -0.112. The number of aliphatic hydroxyl groups excluding tert-OH is 1. The highest BCUT2D eigenvalue weighted by atomic mass is 16.3. The van der Waals surface area contributed by atoms with Crippen LogP contribution in [0.5, 0.6) is 0 Å². The molecule has 2 aliphatic rings. The summed E-state index contributed by atoms with van der Waals surface area (Å²) in [6.07, 6.45) is 12.2. The number of hydrogen-bond donors (Lipinski definition) is 3. The Morgan fingerprint density at radius 1 is 0.822 bits per heavy atom. The van der Waals surface area contributed by atoms with Crippen LogP contribution in [0.1, 0.15) is 36.5 Å². The van der Waals surface area contributed by atoms with Gasteiger partial charge >= 0.3 is 0 Å². The first-order valence-electron chi connectivity index (χ1n) is 15.5. The monoisotopic (exact) mass is 599 g/mol. The molecule has 1 unspecified atom stereocenters. The lowest BCUT2D eigenvalue weighted by atomic mass is 9.86. The summed E-state index contributed by atoms with van der Waals surface area (Å²) in [5, 5.41) is 18.0. The second-order valence-electron chi connectivity index (χ2n) is 12.4. The quantitative estimate of drug-likeness (QED) is 0.210. The molecule has 3 aromatic carbocycles. The van der Waals surface area contributed by atoms with Gasteiger partial charge in [-0.05, 0) is 99.0 Å². The molecule has 45 heavy (non-hydrogen) atoms. The van der Waals surface area contributed by atoms with Crippen LogP contribution in [-0.2, 0) is 11.8 Å². The van der Waals surface area contributed by atoms with Crippen LogP contribution in [0.15, 0.2) is 109 Å². The highest BCUT2D eigenvalue weighted by molar-refractivity contribution is 6.07. The smallest absolute Gasteiger partial charge is 0.255 e. The molecule has 8 nitrogen and oxygen atoms in total. The number of likely N-dealkylation sites (tertiary alicyclic amines) is 1. The van der Waals surface area contributed by atoms with E-state index in [1.807, 2.05) is 109 Å². The van der Waals surface area contributed by atoms with E-state index >= 15 is 0 Å². The predicted molar refractivity (Wildman–Crippen MR) is 180 cm³/mol. The Morgan fingerprint density at radius 2 is 1.47 bits per heavy atom. The summed E-state index contributed by atoms with van der Waals surface area (Å²) in [7, 11) is 2.00. The maximum Gasteiger partial charge on any atom is 0.255 e. The Morgan fingerprint density at radius 3 is 2.16 bits per heavy atom. The molecule has 2 aromatic heterocycles. The van der Waals surface area contributed by atoms with Gasteiger partial charge in [0.15, 0.2) is 0 Å². The summed E-state index contributed by atoms with van der Waals surface area (Å²) < 4.78 is 4.12. The SMILES string of the molecule is Cn1ccc2cc(NC(=O)c3ccc(-n4ccc5cc(NC(=O)C6=CCC(C)(N7CCC(O)CC7)C=C6)ccc54)cc3)ccc21. The van der Waals surface area contributed by atoms with Crippen molar-refractivity contribution in [1.29, 1.82) is 0 Å². The summed E-state index contributed by atoms with van der Waals surface area (Å²) in [5.74, 6) is -0.285. The number of amides is 2. The molecule has 1 atom stereocenters. The number of nitrogens with zero attached hydrogens (tertiary/aromatic N) is 3. The van der Waals surface area contributed by atoms with Crippen LogP contribution < -0.4 is 10.6 Å². The molecule has 1 aliphatic carbocycles. The zero-order valence-electron chi connectivity index (χ0n) is 25.5. The maximum atomic E-state index is 13.1. The van der Waals surface area contributed by atoms with Crippen LogP contribution in [0.2, 0.25) is 0 Å². The Balaban J connectivity index is 0.999. The van der Waals surface area contributed by atoms with Crippen molar-refractivity contribution in [3.8, 4) is 5.69 Å². The minimum Gasteiger partial charge on any atom is -0.393 e. The number of anilines is 2. The summed E-state index contributed by atoms with van der Waals surface area (Å²) in [6, 6.07) is 23.4. The molecule has 2 amide bonds. The van der Waals surface area contributed by atoms with Crippen LogP contribution >= 0.6 is 0 Å². The zero-order chi connectivity index (χ0) is 31.1. The summed E-state index contributed by atoms with van der Waals surface area (Å²) in [6.45, 7) is 3.92. The van der Waals surface area contributed by atoms with E-state index in [2.05, 4.69) is 33.1 Å². The minimum atomic E-state index is -0.204. The van der Waals surface area contributed by atoms with Crippen molar-refractivity contribution < 1.29 is 14.7 Å². The van der Waals surface area contributed by atoms with E-state index in [-0.39, 0.29) is 23.5 Å². The van der Waals surface area contributed by atoms with Crippen LogP contribution in [-0.4, -0.2) is 55.7 Å². The van der Waals surface area contributed by atoms with Crippen LogP contribution in [0.4, 0.5) is 11.4 Å². The fraction of sp³-hybridized carbons (Fsp3) is 0.243. The van der Waals surface area contributed by atoms with Crippen LogP contribution in [0, 0.1) is 0 Å². The second-order valence-corrected chi connectivity index (χ2v) is 12.4. The number of carbonyl (C=O) groups is 2. The Hall–Kier alpha value is -4.92. The maximum absolute atomic E-state index is 13.1. The van der Waals surface area contributed by atoms with E-state index < -0.39 is 0 Å². The Bertz CT molecular complexity index is 1970. The molecular weight excluding hydrogens is 562 g/mol. The average Bonchev–Trinajstić information content (AvgIpc) is 3.64. The molecule has 0 spiro atoms. The predicted octanol–water partition coefficient (Wildman–Crippen LogP) is 6.41. The lowest BCUT2D eigenvalue weighted by Gasteiger charge is -2.43. The molecule has 3 N–H and O–H groups in total. The van der Waals surface area contributed by atoms with Gasteiger partial charge < -0.3 is 24.9 Å². The number of rotatable bonds is 6. The van der Waals surface area contributed by atoms with Crippen molar-refractivity contribution in [3.05, 3.63) is 115 Å². The number of carbonyl (C=O) groups excluding carboxylic acids is 2. The van der Waals surface area contributed by atoms with E-state index in [0.29, 0.717) is 11.1 Å². The van der Waals surface area contributed by atoms with E-state index in [4.69, 9.17) is 0 Å². The molecule has 7 rings (SSSR count). The average molecular weight is 600 g/mol. The third-order valence-electron chi connectivity index (χ3n) is 9.31. The van der Waals surface area contributed by atoms with E-state index in [1.54, 1.807) is 0 Å². The van der Waals surface area contributed by atoms with E-state index in [9.17, 15) is 14.7 Å². The molecule has 8 heteroatoms.